The summed E-state index contributed by atoms with van der Waals surface area (Å²) in [5, 5.41) is 6.80. The van der Waals surface area contributed by atoms with Gasteiger partial charge in [0.25, 0.3) is 0 Å². The highest BCUT2D eigenvalue weighted by molar-refractivity contribution is 5.85. The molecule has 1 aromatic carbocycles. The van der Waals surface area contributed by atoms with Crippen LogP contribution in [0.4, 0.5) is 0 Å². The van der Waals surface area contributed by atoms with Crippen molar-refractivity contribution in [3.63, 3.8) is 0 Å². The summed E-state index contributed by atoms with van der Waals surface area (Å²) >= 11 is 0. The molecule has 134 valence electrons. The molecule has 0 spiro atoms. The molecule has 0 bridgehead atoms. The molecule has 2 N–H and O–H groups in total. The first-order valence-corrected chi connectivity index (χ1v) is 9.26. The highest BCUT2D eigenvalue weighted by atomic mass is 35.5. The summed E-state index contributed by atoms with van der Waals surface area (Å²) in [6, 6.07) is 10.9. The van der Waals surface area contributed by atoms with Gasteiger partial charge in [-0.3, -0.25) is 4.79 Å². The van der Waals surface area contributed by atoms with Crippen LogP contribution in [0, 0.1) is 17.8 Å². The van der Waals surface area contributed by atoms with E-state index in [-0.39, 0.29) is 18.3 Å². The zero-order valence-electron chi connectivity index (χ0n) is 14.7. The number of carbonyl (C=O) groups excluding carboxylic acids is 1. The van der Waals surface area contributed by atoms with E-state index >= 15 is 0 Å². The van der Waals surface area contributed by atoms with Crippen molar-refractivity contribution in [1.29, 1.82) is 0 Å². The Morgan fingerprint density at radius 1 is 1.21 bits per heavy atom. The SMILES string of the molecule is CC(CC(=O)NC(Cc1ccccc1)C1CC1)C1CCCNC1.Cl. The van der Waals surface area contributed by atoms with Crippen LogP contribution >= 0.6 is 12.4 Å². The normalized spacial score (nSPS) is 23.0. The van der Waals surface area contributed by atoms with E-state index in [0.29, 0.717) is 30.2 Å². The second-order valence-corrected chi connectivity index (χ2v) is 7.49. The molecule has 3 atom stereocenters. The monoisotopic (exact) mass is 350 g/mol. The molecule has 1 aliphatic heterocycles. The first-order chi connectivity index (χ1) is 11.2. The number of hydrogen-bond donors (Lipinski definition) is 2. The standard InChI is InChI=1S/C20H30N2O.ClH/c1-15(18-8-5-11-21-14-18)12-20(23)22-19(17-9-10-17)13-16-6-3-2-4-7-16;/h2-4,6-7,15,17-19,21H,5,8-14H2,1H3,(H,22,23);1H. The predicted octanol–water partition coefficient (Wildman–Crippen LogP) is 3.57. The van der Waals surface area contributed by atoms with Gasteiger partial charge in [0.15, 0.2) is 0 Å². The second-order valence-electron chi connectivity index (χ2n) is 7.49. The quantitative estimate of drug-likeness (QED) is 0.789. The third-order valence-corrected chi connectivity index (χ3v) is 5.48. The van der Waals surface area contributed by atoms with E-state index in [1.807, 2.05) is 6.07 Å². The van der Waals surface area contributed by atoms with E-state index < -0.39 is 0 Å². The van der Waals surface area contributed by atoms with Crippen LogP contribution in [-0.4, -0.2) is 25.0 Å². The van der Waals surface area contributed by atoms with Gasteiger partial charge < -0.3 is 10.6 Å². The molecule has 4 heteroatoms. The van der Waals surface area contributed by atoms with Gasteiger partial charge in [-0.1, -0.05) is 37.3 Å². The average molecular weight is 351 g/mol. The van der Waals surface area contributed by atoms with Crippen molar-refractivity contribution in [3.05, 3.63) is 35.9 Å². The number of nitrogens with one attached hydrogen (secondary N) is 2. The van der Waals surface area contributed by atoms with Gasteiger partial charge in [-0.25, -0.2) is 0 Å². The maximum absolute atomic E-state index is 12.5. The summed E-state index contributed by atoms with van der Waals surface area (Å²) in [7, 11) is 0. The highest BCUT2D eigenvalue weighted by Crippen LogP contribution is 2.34. The molecule has 0 radical (unpaired) electrons. The van der Waals surface area contributed by atoms with Crippen LogP contribution in [0.1, 0.15) is 44.6 Å². The van der Waals surface area contributed by atoms with Crippen LogP contribution in [-0.2, 0) is 11.2 Å². The fourth-order valence-electron chi connectivity index (χ4n) is 3.79. The van der Waals surface area contributed by atoms with Gasteiger partial charge in [0, 0.05) is 12.5 Å². The molecular formula is C20H31ClN2O. The van der Waals surface area contributed by atoms with Crippen LogP contribution in [0.15, 0.2) is 30.3 Å². The molecule has 24 heavy (non-hydrogen) atoms. The van der Waals surface area contributed by atoms with Gasteiger partial charge >= 0.3 is 0 Å². The van der Waals surface area contributed by atoms with Gasteiger partial charge in [0.1, 0.15) is 0 Å². The van der Waals surface area contributed by atoms with Crippen molar-refractivity contribution in [2.75, 3.05) is 13.1 Å². The molecule has 2 aliphatic rings. The minimum atomic E-state index is 0. The number of hydrogen-bond acceptors (Lipinski definition) is 2. The third-order valence-electron chi connectivity index (χ3n) is 5.48. The zero-order valence-corrected chi connectivity index (χ0v) is 15.5. The maximum atomic E-state index is 12.5. The van der Waals surface area contributed by atoms with E-state index in [1.54, 1.807) is 0 Å². The third kappa shape index (κ3) is 5.78. The van der Waals surface area contributed by atoms with E-state index in [2.05, 4.69) is 41.8 Å². The summed E-state index contributed by atoms with van der Waals surface area (Å²) < 4.78 is 0. The Hall–Kier alpha value is -1.06. The fraction of sp³-hybridized carbons (Fsp3) is 0.650. The molecule has 1 amide bonds. The predicted molar refractivity (Wildman–Crippen MR) is 101 cm³/mol. The van der Waals surface area contributed by atoms with Crippen LogP contribution in [0.2, 0.25) is 0 Å². The van der Waals surface area contributed by atoms with Crippen molar-refractivity contribution in [1.82, 2.24) is 10.6 Å². The summed E-state index contributed by atoms with van der Waals surface area (Å²) in [4.78, 5) is 12.5. The van der Waals surface area contributed by atoms with Crippen molar-refractivity contribution in [2.45, 2.75) is 51.5 Å². The van der Waals surface area contributed by atoms with E-state index in [9.17, 15) is 4.79 Å². The molecule has 3 rings (SSSR count). The van der Waals surface area contributed by atoms with Gasteiger partial charge in [0.2, 0.25) is 5.91 Å². The Balaban J connectivity index is 0.00000208. The molecular weight excluding hydrogens is 320 g/mol. The molecule has 0 aromatic heterocycles. The maximum Gasteiger partial charge on any atom is 0.220 e. The summed E-state index contributed by atoms with van der Waals surface area (Å²) in [5.74, 6) is 2.06. The number of carbonyl (C=O) groups is 1. The van der Waals surface area contributed by atoms with Gasteiger partial charge in [0.05, 0.1) is 0 Å². The van der Waals surface area contributed by atoms with Crippen molar-refractivity contribution >= 4 is 18.3 Å². The van der Waals surface area contributed by atoms with Crippen LogP contribution in [0.25, 0.3) is 0 Å². The molecule has 2 fully saturated rings. The average Bonchev–Trinajstić information content (AvgIpc) is 3.41. The second kappa shape index (κ2) is 9.43. The fourth-order valence-corrected chi connectivity index (χ4v) is 3.79. The topological polar surface area (TPSA) is 41.1 Å². The first-order valence-electron chi connectivity index (χ1n) is 9.26. The lowest BCUT2D eigenvalue weighted by Crippen LogP contribution is -2.40. The smallest absolute Gasteiger partial charge is 0.220 e. The van der Waals surface area contributed by atoms with Gasteiger partial charge in [-0.15, -0.1) is 12.4 Å². The Labute approximate surface area is 152 Å². The van der Waals surface area contributed by atoms with E-state index in [4.69, 9.17) is 0 Å². The van der Waals surface area contributed by atoms with Gasteiger partial charge in [-0.05, 0) is 68.5 Å². The lowest BCUT2D eigenvalue weighted by Gasteiger charge is -2.28. The Bertz CT molecular complexity index is 498. The van der Waals surface area contributed by atoms with Crippen LogP contribution in [0.3, 0.4) is 0 Å². The molecule has 1 saturated heterocycles. The van der Waals surface area contributed by atoms with Crippen molar-refractivity contribution in [3.8, 4) is 0 Å². The molecule has 3 unspecified atom stereocenters. The Morgan fingerprint density at radius 3 is 2.58 bits per heavy atom. The minimum absolute atomic E-state index is 0. The van der Waals surface area contributed by atoms with Crippen molar-refractivity contribution < 1.29 is 4.79 Å². The number of piperidine rings is 1. The first kappa shape index (κ1) is 19.3. The van der Waals surface area contributed by atoms with Crippen molar-refractivity contribution in [2.24, 2.45) is 17.8 Å². The highest BCUT2D eigenvalue weighted by Gasteiger charge is 2.32. The Kier molecular flexibility index (Phi) is 7.57. The van der Waals surface area contributed by atoms with E-state index in [0.717, 1.165) is 19.5 Å². The summed E-state index contributed by atoms with van der Waals surface area (Å²) in [6.07, 6.45) is 6.67. The molecule has 3 nitrogen and oxygen atoms in total. The largest absolute Gasteiger partial charge is 0.353 e. The number of benzene rings is 1. The molecule has 1 aromatic rings. The molecule has 1 aliphatic carbocycles. The summed E-state index contributed by atoms with van der Waals surface area (Å²) in [5.41, 5.74) is 1.33. The summed E-state index contributed by atoms with van der Waals surface area (Å²) in [6.45, 7) is 4.45. The molecule has 1 heterocycles. The lowest BCUT2D eigenvalue weighted by atomic mass is 9.85. The van der Waals surface area contributed by atoms with Crippen LogP contribution in [0.5, 0.6) is 0 Å². The zero-order chi connectivity index (χ0) is 16.1. The van der Waals surface area contributed by atoms with Gasteiger partial charge in [-0.2, -0.15) is 0 Å². The minimum Gasteiger partial charge on any atom is -0.353 e. The number of rotatable bonds is 7. The van der Waals surface area contributed by atoms with Crippen LogP contribution < -0.4 is 10.6 Å². The number of amides is 1. The lowest BCUT2D eigenvalue weighted by molar-refractivity contribution is -0.123. The number of halogens is 1. The van der Waals surface area contributed by atoms with E-state index in [1.165, 1.54) is 31.2 Å². The Morgan fingerprint density at radius 2 is 1.96 bits per heavy atom. The molecule has 1 saturated carbocycles.